The quantitative estimate of drug-likeness (QED) is 0.423. The third-order valence-electron chi connectivity index (χ3n) is 4.87. The predicted octanol–water partition coefficient (Wildman–Crippen LogP) is 2.39. The van der Waals surface area contributed by atoms with Crippen LogP contribution in [0.4, 0.5) is 0 Å². The van der Waals surface area contributed by atoms with Gasteiger partial charge in [-0.25, -0.2) is 23.9 Å². The van der Waals surface area contributed by atoms with Crippen molar-refractivity contribution in [1.29, 1.82) is 0 Å². The van der Waals surface area contributed by atoms with Crippen molar-refractivity contribution in [2.24, 2.45) is 0 Å². The number of aromatic hydroxyl groups is 1. The molecule has 1 aromatic heterocycles. The van der Waals surface area contributed by atoms with Crippen LogP contribution in [0.5, 0.6) is 5.75 Å². The van der Waals surface area contributed by atoms with Crippen LogP contribution in [0.25, 0.3) is 16.9 Å². The molecule has 34 heavy (non-hydrogen) atoms. The van der Waals surface area contributed by atoms with Gasteiger partial charge in [0.2, 0.25) is 0 Å². The number of phenols is 1. The third-order valence-corrected chi connectivity index (χ3v) is 4.87. The Labute approximate surface area is 193 Å². The van der Waals surface area contributed by atoms with E-state index in [0.717, 1.165) is 39.2 Å². The van der Waals surface area contributed by atoms with Gasteiger partial charge in [0.15, 0.2) is 5.69 Å². The van der Waals surface area contributed by atoms with E-state index in [1.54, 1.807) is 30.3 Å². The number of hydrogen-bond donors (Lipinski definition) is 1. The van der Waals surface area contributed by atoms with Crippen LogP contribution < -0.4 is 0 Å². The summed E-state index contributed by atoms with van der Waals surface area (Å²) >= 11 is 0. The molecule has 0 fully saturated rings. The van der Waals surface area contributed by atoms with Crippen LogP contribution in [0.2, 0.25) is 0 Å². The Balaban J connectivity index is 2.51. The summed E-state index contributed by atoms with van der Waals surface area (Å²) in [5.74, 6) is -4.48. The largest absolute Gasteiger partial charge is 0.507 e. The van der Waals surface area contributed by atoms with Crippen LogP contribution in [0.3, 0.4) is 0 Å². The van der Waals surface area contributed by atoms with Gasteiger partial charge in [-0.05, 0) is 24.3 Å². The average molecular weight is 468 g/mol. The van der Waals surface area contributed by atoms with Gasteiger partial charge in [-0.1, -0.05) is 18.2 Å². The second kappa shape index (κ2) is 9.86. The van der Waals surface area contributed by atoms with E-state index in [2.05, 4.69) is 5.10 Å². The minimum absolute atomic E-state index is 0.0923. The number of esters is 4. The number of benzene rings is 2. The summed E-state index contributed by atoms with van der Waals surface area (Å²) in [4.78, 5) is 50.7. The molecule has 0 amide bonds. The van der Waals surface area contributed by atoms with Crippen molar-refractivity contribution in [3.8, 4) is 22.7 Å². The summed E-state index contributed by atoms with van der Waals surface area (Å²) in [5.41, 5.74) is -1.42. The van der Waals surface area contributed by atoms with Crippen molar-refractivity contribution < 1.29 is 43.2 Å². The molecule has 0 aliphatic heterocycles. The number of phenolic OH excluding ortho intramolecular Hbond substituents is 1. The lowest BCUT2D eigenvalue weighted by Crippen LogP contribution is -2.16. The second-order valence-electron chi connectivity index (χ2n) is 6.67. The SMILES string of the molecule is COC(=O)c1c(O)ccc(-c2nn(-c3ccccc3)c(C(=O)OC)c2C(=O)OC)c1C(=O)OC. The minimum Gasteiger partial charge on any atom is -0.507 e. The first-order chi connectivity index (χ1) is 16.3. The molecule has 0 atom stereocenters. The Morgan fingerprint density at radius 2 is 1.24 bits per heavy atom. The maximum Gasteiger partial charge on any atom is 0.357 e. The van der Waals surface area contributed by atoms with E-state index in [-0.39, 0.29) is 22.5 Å². The van der Waals surface area contributed by atoms with Crippen LogP contribution in [0.1, 0.15) is 41.6 Å². The van der Waals surface area contributed by atoms with Crippen molar-refractivity contribution in [3.63, 3.8) is 0 Å². The first-order valence-corrected chi connectivity index (χ1v) is 9.68. The number of carbonyl (C=O) groups is 4. The van der Waals surface area contributed by atoms with E-state index in [9.17, 15) is 24.3 Å². The molecule has 11 heteroatoms. The predicted molar refractivity (Wildman–Crippen MR) is 116 cm³/mol. The van der Waals surface area contributed by atoms with Crippen molar-refractivity contribution in [2.45, 2.75) is 0 Å². The summed E-state index contributed by atoms with van der Waals surface area (Å²) in [7, 11) is 4.36. The topological polar surface area (TPSA) is 143 Å². The monoisotopic (exact) mass is 468 g/mol. The van der Waals surface area contributed by atoms with Crippen LogP contribution in [0.15, 0.2) is 42.5 Å². The molecule has 0 saturated heterocycles. The second-order valence-corrected chi connectivity index (χ2v) is 6.67. The maximum atomic E-state index is 12.8. The molecule has 1 N–H and O–H groups in total. The first-order valence-electron chi connectivity index (χ1n) is 9.68. The summed E-state index contributed by atoms with van der Waals surface area (Å²) < 4.78 is 20.4. The van der Waals surface area contributed by atoms with Crippen LogP contribution in [-0.4, -0.2) is 67.2 Å². The maximum absolute atomic E-state index is 12.8. The number of rotatable bonds is 6. The van der Waals surface area contributed by atoms with E-state index < -0.39 is 40.8 Å². The van der Waals surface area contributed by atoms with Gasteiger partial charge in [-0.3, -0.25) is 0 Å². The molecule has 0 spiro atoms. The van der Waals surface area contributed by atoms with Crippen LogP contribution in [-0.2, 0) is 18.9 Å². The number of aromatic nitrogens is 2. The van der Waals surface area contributed by atoms with Crippen molar-refractivity contribution in [2.75, 3.05) is 28.4 Å². The van der Waals surface area contributed by atoms with Crippen LogP contribution in [0, 0.1) is 0 Å². The number of hydrogen-bond acceptors (Lipinski definition) is 10. The summed E-state index contributed by atoms with van der Waals surface area (Å²) in [6.45, 7) is 0. The minimum atomic E-state index is -1.03. The standard InChI is InChI=1S/C23H20N2O9/c1-31-20(27)15-13(10-11-14(26)16(15)21(28)32-2)18-17(22(29)33-3)19(23(30)34-4)25(24-18)12-8-6-5-7-9-12/h5-11,26H,1-4H3. The molecule has 1 heterocycles. The molecule has 0 bridgehead atoms. The van der Waals surface area contributed by atoms with Gasteiger partial charge in [0.25, 0.3) is 0 Å². The number of carbonyl (C=O) groups excluding carboxylic acids is 4. The lowest BCUT2D eigenvalue weighted by atomic mass is 9.95. The van der Waals surface area contributed by atoms with Gasteiger partial charge in [0, 0.05) is 5.56 Å². The van der Waals surface area contributed by atoms with Crippen molar-refractivity contribution in [1.82, 2.24) is 9.78 Å². The highest BCUT2D eigenvalue weighted by atomic mass is 16.5. The average Bonchev–Trinajstić information content (AvgIpc) is 3.27. The Morgan fingerprint density at radius 1 is 0.706 bits per heavy atom. The highest BCUT2D eigenvalue weighted by Gasteiger charge is 2.35. The van der Waals surface area contributed by atoms with E-state index in [1.165, 1.54) is 6.07 Å². The lowest BCUT2D eigenvalue weighted by molar-refractivity contribution is 0.0549. The highest BCUT2D eigenvalue weighted by Crippen LogP contribution is 2.36. The fourth-order valence-corrected chi connectivity index (χ4v) is 3.36. The molecule has 0 unspecified atom stereocenters. The Hall–Kier alpha value is -4.67. The molecule has 3 rings (SSSR count). The van der Waals surface area contributed by atoms with Gasteiger partial charge >= 0.3 is 23.9 Å². The molecular formula is C23H20N2O9. The normalized spacial score (nSPS) is 10.4. The van der Waals surface area contributed by atoms with Crippen molar-refractivity contribution in [3.05, 3.63) is 64.8 Å². The molecule has 176 valence electrons. The molecule has 0 aliphatic carbocycles. The molecule has 11 nitrogen and oxygen atoms in total. The smallest absolute Gasteiger partial charge is 0.357 e. The highest BCUT2D eigenvalue weighted by molar-refractivity contribution is 6.12. The van der Waals surface area contributed by atoms with Gasteiger partial charge in [0.1, 0.15) is 22.6 Å². The van der Waals surface area contributed by atoms with Crippen molar-refractivity contribution >= 4 is 23.9 Å². The zero-order valence-corrected chi connectivity index (χ0v) is 18.6. The molecule has 2 aromatic carbocycles. The Morgan fingerprint density at radius 3 is 1.79 bits per heavy atom. The van der Waals surface area contributed by atoms with Gasteiger partial charge in [0.05, 0.1) is 39.7 Å². The van der Waals surface area contributed by atoms with Gasteiger partial charge in [-0.2, -0.15) is 5.10 Å². The molecule has 0 aliphatic rings. The Bertz CT molecular complexity index is 1280. The zero-order chi connectivity index (χ0) is 25.0. The Kier molecular flexibility index (Phi) is 6.95. The number of nitrogens with zero attached hydrogens (tertiary/aromatic N) is 2. The van der Waals surface area contributed by atoms with E-state index >= 15 is 0 Å². The fourth-order valence-electron chi connectivity index (χ4n) is 3.36. The first kappa shape index (κ1) is 24.0. The van der Waals surface area contributed by atoms with E-state index in [4.69, 9.17) is 18.9 Å². The summed E-state index contributed by atoms with van der Waals surface area (Å²) in [6, 6.07) is 10.7. The lowest BCUT2D eigenvalue weighted by Gasteiger charge is -2.13. The number of para-hydroxylation sites is 1. The molecule has 3 aromatic rings. The van der Waals surface area contributed by atoms with E-state index in [1.807, 2.05) is 0 Å². The van der Waals surface area contributed by atoms with Gasteiger partial charge in [-0.15, -0.1) is 0 Å². The molecule has 0 radical (unpaired) electrons. The number of ether oxygens (including phenoxy) is 4. The zero-order valence-electron chi connectivity index (χ0n) is 18.6. The fraction of sp³-hybridized carbons (Fsp3) is 0.174. The van der Waals surface area contributed by atoms with Gasteiger partial charge < -0.3 is 24.1 Å². The molecular weight excluding hydrogens is 448 g/mol. The summed E-state index contributed by atoms with van der Waals surface area (Å²) in [6.07, 6.45) is 0. The third kappa shape index (κ3) is 4.06. The van der Waals surface area contributed by atoms with E-state index in [0.29, 0.717) is 5.69 Å². The summed E-state index contributed by atoms with van der Waals surface area (Å²) in [5, 5.41) is 14.7. The number of methoxy groups -OCH3 is 4. The molecule has 0 saturated carbocycles. The van der Waals surface area contributed by atoms with Crippen LogP contribution >= 0.6 is 0 Å².